The van der Waals surface area contributed by atoms with Gasteiger partial charge in [0.1, 0.15) is 0 Å². The summed E-state index contributed by atoms with van der Waals surface area (Å²) in [5, 5.41) is 3.15. The number of carbonyl (C=O) groups is 2. The van der Waals surface area contributed by atoms with E-state index in [2.05, 4.69) is 15.3 Å². The van der Waals surface area contributed by atoms with E-state index in [1.54, 1.807) is 24.3 Å². The van der Waals surface area contributed by atoms with Crippen LogP contribution in [0.1, 0.15) is 36.8 Å². The first-order chi connectivity index (χ1) is 16.0. The van der Waals surface area contributed by atoms with Crippen molar-refractivity contribution in [3.63, 3.8) is 0 Å². The number of benzene rings is 2. The maximum absolute atomic E-state index is 12.9. The van der Waals surface area contributed by atoms with Crippen molar-refractivity contribution in [2.75, 3.05) is 13.8 Å². The SMILES string of the molecule is CN(Cc1ccc2nccnc2c1)C(=O)CCC1(Cc2ccc3c(c2)OCO3)CCC(=O)N1. The van der Waals surface area contributed by atoms with E-state index >= 15 is 0 Å². The van der Waals surface area contributed by atoms with Crippen molar-refractivity contribution >= 4 is 22.8 Å². The molecule has 0 spiro atoms. The zero-order chi connectivity index (χ0) is 22.8. The minimum Gasteiger partial charge on any atom is -0.454 e. The number of amides is 2. The summed E-state index contributed by atoms with van der Waals surface area (Å²) in [6.07, 6.45) is 6.10. The lowest BCUT2D eigenvalue weighted by Gasteiger charge is -2.30. The number of rotatable bonds is 7. The molecule has 8 nitrogen and oxygen atoms in total. The van der Waals surface area contributed by atoms with Crippen LogP contribution in [0.5, 0.6) is 11.5 Å². The van der Waals surface area contributed by atoms with Crippen LogP contribution in [0.2, 0.25) is 0 Å². The molecule has 2 aromatic carbocycles. The molecular weight excluding hydrogens is 420 g/mol. The first-order valence-electron chi connectivity index (χ1n) is 11.1. The summed E-state index contributed by atoms with van der Waals surface area (Å²) < 4.78 is 10.9. The zero-order valence-electron chi connectivity index (χ0n) is 18.5. The summed E-state index contributed by atoms with van der Waals surface area (Å²) in [5.41, 5.74) is 3.27. The molecule has 3 heterocycles. The number of aromatic nitrogens is 2. The van der Waals surface area contributed by atoms with Gasteiger partial charge in [0.05, 0.1) is 11.0 Å². The van der Waals surface area contributed by atoms with Crippen LogP contribution in [0.3, 0.4) is 0 Å². The topological polar surface area (TPSA) is 93.7 Å². The Balaban J connectivity index is 1.24. The quantitative estimate of drug-likeness (QED) is 0.600. The fourth-order valence-electron chi connectivity index (χ4n) is 4.63. The molecule has 2 aliphatic heterocycles. The first-order valence-corrected chi connectivity index (χ1v) is 11.1. The van der Waals surface area contributed by atoms with Crippen molar-refractivity contribution < 1.29 is 19.1 Å². The molecule has 2 amide bonds. The second-order valence-electron chi connectivity index (χ2n) is 8.82. The van der Waals surface area contributed by atoms with Crippen molar-refractivity contribution in [3.8, 4) is 11.5 Å². The van der Waals surface area contributed by atoms with Crippen molar-refractivity contribution in [2.45, 2.75) is 44.2 Å². The number of carbonyl (C=O) groups excluding carboxylic acids is 2. The minimum absolute atomic E-state index is 0.0359. The van der Waals surface area contributed by atoms with Crippen molar-refractivity contribution in [1.29, 1.82) is 0 Å². The highest BCUT2D eigenvalue weighted by Crippen LogP contribution is 2.36. The van der Waals surface area contributed by atoms with Crippen molar-refractivity contribution in [3.05, 3.63) is 59.9 Å². The van der Waals surface area contributed by atoms with Gasteiger partial charge in [-0.05, 0) is 54.7 Å². The molecule has 33 heavy (non-hydrogen) atoms. The third kappa shape index (κ3) is 4.60. The van der Waals surface area contributed by atoms with Gasteiger partial charge in [-0.25, -0.2) is 0 Å². The molecule has 8 heteroatoms. The van der Waals surface area contributed by atoms with Gasteiger partial charge in [0, 0.05) is 44.4 Å². The molecule has 1 fully saturated rings. The number of hydrogen-bond acceptors (Lipinski definition) is 6. The maximum Gasteiger partial charge on any atom is 0.231 e. The second-order valence-corrected chi connectivity index (χ2v) is 8.82. The predicted molar refractivity (Wildman–Crippen MR) is 122 cm³/mol. The summed E-state index contributed by atoms with van der Waals surface area (Å²) in [4.78, 5) is 35.4. The Hall–Kier alpha value is -3.68. The highest BCUT2D eigenvalue weighted by Gasteiger charge is 2.38. The summed E-state index contributed by atoms with van der Waals surface area (Å²) >= 11 is 0. The molecule has 5 rings (SSSR count). The van der Waals surface area contributed by atoms with E-state index in [4.69, 9.17) is 9.47 Å². The Morgan fingerprint density at radius 1 is 1.06 bits per heavy atom. The van der Waals surface area contributed by atoms with Crippen LogP contribution < -0.4 is 14.8 Å². The normalized spacial score (nSPS) is 19.0. The Morgan fingerprint density at radius 2 is 1.85 bits per heavy atom. The number of fused-ring (bicyclic) bond motifs is 2. The van der Waals surface area contributed by atoms with Gasteiger partial charge in [0.2, 0.25) is 18.6 Å². The van der Waals surface area contributed by atoms with E-state index in [-0.39, 0.29) is 18.6 Å². The van der Waals surface area contributed by atoms with Gasteiger partial charge in [0.15, 0.2) is 11.5 Å². The minimum atomic E-state index is -0.431. The van der Waals surface area contributed by atoms with Crippen LogP contribution in [0.4, 0.5) is 0 Å². The monoisotopic (exact) mass is 446 g/mol. The maximum atomic E-state index is 12.9. The van der Waals surface area contributed by atoms with Crippen molar-refractivity contribution in [2.24, 2.45) is 0 Å². The third-order valence-corrected chi connectivity index (χ3v) is 6.41. The van der Waals surface area contributed by atoms with Crippen LogP contribution in [0.15, 0.2) is 48.8 Å². The molecular formula is C25H26N4O4. The molecule has 0 aliphatic carbocycles. The molecule has 1 unspecified atom stereocenters. The number of nitrogens with one attached hydrogen (secondary N) is 1. The molecule has 170 valence electrons. The zero-order valence-corrected chi connectivity index (χ0v) is 18.5. The fraction of sp³-hybridized carbons (Fsp3) is 0.360. The van der Waals surface area contributed by atoms with Crippen LogP contribution in [0.25, 0.3) is 11.0 Å². The van der Waals surface area contributed by atoms with Gasteiger partial charge in [-0.2, -0.15) is 0 Å². The van der Waals surface area contributed by atoms with Crippen LogP contribution in [-0.4, -0.2) is 46.1 Å². The molecule has 1 atom stereocenters. The average Bonchev–Trinajstić information content (AvgIpc) is 3.43. The Bertz CT molecular complexity index is 1210. The Kier molecular flexibility index (Phi) is 5.58. The van der Waals surface area contributed by atoms with E-state index < -0.39 is 5.54 Å². The lowest BCUT2D eigenvalue weighted by Crippen LogP contribution is -2.44. The van der Waals surface area contributed by atoms with Crippen LogP contribution in [-0.2, 0) is 22.6 Å². The summed E-state index contributed by atoms with van der Waals surface area (Å²) in [5.74, 6) is 1.54. The van der Waals surface area contributed by atoms with Gasteiger partial charge < -0.3 is 19.7 Å². The average molecular weight is 447 g/mol. The van der Waals surface area contributed by atoms with Crippen LogP contribution in [0, 0.1) is 0 Å². The largest absolute Gasteiger partial charge is 0.454 e. The molecule has 0 radical (unpaired) electrons. The summed E-state index contributed by atoms with van der Waals surface area (Å²) in [7, 11) is 1.81. The standard InChI is InChI=1S/C25H26N4O4/c1-29(15-18-2-4-19-20(12-18)27-11-10-26-19)24(31)7-9-25(8-6-23(30)28-25)14-17-3-5-21-22(13-17)33-16-32-21/h2-5,10-13H,6-9,14-16H2,1H3,(H,28,30). The molecule has 2 aliphatic rings. The van der Waals surface area contributed by atoms with Crippen molar-refractivity contribution in [1.82, 2.24) is 20.2 Å². The van der Waals surface area contributed by atoms with E-state index in [1.807, 2.05) is 36.4 Å². The molecule has 0 saturated carbocycles. The number of nitrogens with zero attached hydrogens (tertiary/aromatic N) is 3. The Morgan fingerprint density at radius 3 is 2.67 bits per heavy atom. The van der Waals surface area contributed by atoms with Gasteiger partial charge in [0.25, 0.3) is 0 Å². The third-order valence-electron chi connectivity index (χ3n) is 6.41. The van der Waals surface area contributed by atoms with E-state index in [9.17, 15) is 9.59 Å². The number of hydrogen-bond donors (Lipinski definition) is 1. The predicted octanol–water partition coefficient (Wildman–Crippen LogP) is 2.99. The molecule has 1 saturated heterocycles. The fourth-order valence-corrected chi connectivity index (χ4v) is 4.63. The van der Waals surface area contributed by atoms with Gasteiger partial charge in [-0.15, -0.1) is 0 Å². The van der Waals surface area contributed by atoms with E-state index in [0.717, 1.165) is 33.7 Å². The lowest BCUT2D eigenvalue weighted by atomic mass is 9.84. The summed E-state index contributed by atoms with van der Waals surface area (Å²) in [6, 6.07) is 11.7. The molecule has 0 bridgehead atoms. The van der Waals surface area contributed by atoms with Gasteiger partial charge >= 0.3 is 0 Å². The van der Waals surface area contributed by atoms with Gasteiger partial charge in [-0.3, -0.25) is 19.6 Å². The lowest BCUT2D eigenvalue weighted by molar-refractivity contribution is -0.131. The van der Waals surface area contributed by atoms with E-state index in [0.29, 0.717) is 38.6 Å². The summed E-state index contributed by atoms with van der Waals surface area (Å²) in [6.45, 7) is 0.720. The van der Waals surface area contributed by atoms with E-state index in [1.165, 1.54) is 0 Å². The molecule has 3 aromatic rings. The molecule has 1 N–H and O–H groups in total. The highest BCUT2D eigenvalue weighted by molar-refractivity contribution is 5.80. The molecule has 1 aromatic heterocycles. The first kappa shape index (κ1) is 21.2. The smallest absolute Gasteiger partial charge is 0.231 e. The van der Waals surface area contributed by atoms with Gasteiger partial charge in [-0.1, -0.05) is 12.1 Å². The number of ether oxygens (including phenoxy) is 2. The highest BCUT2D eigenvalue weighted by atomic mass is 16.7. The van der Waals surface area contributed by atoms with Crippen LogP contribution >= 0.6 is 0 Å². The second kappa shape index (κ2) is 8.69. The Labute approximate surface area is 191 Å².